The fourth-order valence-corrected chi connectivity index (χ4v) is 4.26. The Bertz CT molecular complexity index is 922. The van der Waals surface area contributed by atoms with E-state index in [0.717, 1.165) is 34.7 Å². The van der Waals surface area contributed by atoms with E-state index >= 15 is 0 Å². The molecule has 0 bridgehead atoms. The number of benzene rings is 2. The van der Waals surface area contributed by atoms with Crippen molar-refractivity contribution < 1.29 is 14.3 Å². The van der Waals surface area contributed by atoms with Crippen molar-refractivity contribution in [3.63, 3.8) is 0 Å². The van der Waals surface area contributed by atoms with Crippen LogP contribution in [0, 0.1) is 0 Å². The first-order chi connectivity index (χ1) is 14.0. The number of thioether (sulfide) groups is 1. The Morgan fingerprint density at radius 3 is 2.66 bits per heavy atom. The average Bonchev–Trinajstić information content (AvgIpc) is 2.75. The van der Waals surface area contributed by atoms with Crippen LogP contribution in [0.15, 0.2) is 64.4 Å². The predicted molar refractivity (Wildman–Crippen MR) is 117 cm³/mol. The van der Waals surface area contributed by atoms with Crippen LogP contribution >= 0.6 is 11.8 Å². The van der Waals surface area contributed by atoms with Crippen LogP contribution in [0.2, 0.25) is 0 Å². The topological polar surface area (TPSA) is 58.6 Å². The molecule has 0 unspecified atom stereocenters. The number of nitrogens with zero attached hydrogens (tertiary/aromatic N) is 1. The number of hydrogen-bond donors (Lipinski definition) is 1. The molecule has 0 fully saturated rings. The van der Waals surface area contributed by atoms with Crippen molar-refractivity contribution in [2.45, 2.75) is 44.2 Å². The molecule has 3 rings (SSSR count). The fraction of sp³-hybridized carbons (Fsp3) is 0.304. The summed E-state index contributed by atoms with van der Waals surface area (Å²) in [6, 6.07) is 15.5. The number of carbonyl (C=O) groups is 2. The van der Waals surface area contributed by atoms with Gasteiger partial charge in [-0.25, -0.2) is 0 Å². The SMILES string of the molecule is CCC(CC)NC(=O)C=C1Sc2ccccc2N(Cc2cccc(OC)c2)C1=O. The second-order valence-electron chi connectivity index (χ2n) is 6.84. The van der Waals surface area contributed by atoms with E-state index in [0.29, 0.717) is 11.4 Å². The summed E-state index contributed by atoms with van der Waals surface area (Å²) < 4.78 is 5.30. The number of methoxy groups -OCH3 is 1. The van der Waals surface area contributed by atoms with Crippen molar-refractivity contribution >= 4 is 29.3 Å². The van der Waals surface area contributed by atoms with Crippen molar-refractivity contribution in [1.29, 1.82) is 0 Å². The third-order valence-electron chi connectivity index (χ3n) is 4.90. The van der Waals surface area contributed by atoms with Gasteiger partial charge in [0.25, 0.3) is 5.91 Å². The quantitative estimate of drug-likeness (QED) is 0.682. The summed E-state index contributed by atoms with van der Waals surface area (Å²) >= 11 is 1.34. The van der Waals surface area contributed by atoms with E-state index in [4.69, 9.17) is 4.74 Å². The molecule has 29 heavy (non-hydrogen) atoms. The molecule has 0 atom stereocenters. The molecule has 2 aromatic rings. The summed E-state index contributed by atoms with van der Waals surface area (Å²) in [5.41, 5.74) is 1.81. The minimum atomic E-state index is -0.227. The fourth-order valence-electron chi connectivity index (χ4n) is 3.23. The summed E-state index contributed by atoms with van der Waals surface area (Å²) in [5.74, 6) is 0.349. The van der Waals surface area contributed by atoms with Gasteiger partial charge in [-0.2, -0.15) is 0 Å². The summed E-state index contributed by atoms with van der Waals surface area (Å²) in [7, 11) is 1.62. The zero-order chi connectivity index (χ0) is 20.8. The van der Waals surface area contributed by atoms with E-state index in [1.165, 1.54) is 17.8 Å². The van der Waals surface area contributed by atoms with Crippen LogP contribution in [-0.4, -0.2) is 25.0 Å². The largest absolute Gasteiger partial charge is 0.497 e. The first-order valence-corrected chi connectivity index (χ1v) is 10.6. The van der Waals surface area contributed by atoms with Crippen LogP contribution in [-0.2, 0) is 16.1 Å². The first-order valence-electron chi connectivity index (χ1n) is 9.79. The lowest BCUT2D eigenvalue weighted by Crippen LogP contribution is -2.36. The van der Waals surface area contributed by atoms with Gasteiger partial charge < -0.3 is 15.0 Å². The maximum atomic E-state index is 13.2. The first kappa shape index (κ1) is 21.0. The molecule has 2 aromatic carbocycles. The van der Waals surface area contributed by atoms with Crippen molar-refractivity contribution in [3.8, 4) is 5.75 Å². The van der Waals surface area contributed by atoms with Gasteiger partial charge in [-0.15, -0.1) is 0 Å². The Hall–Kier alpha value is -2.73. The number of carbonyl (C=O) groups excluding carboxylic acids is 2. The lowest BCUT2D eigenvalue weighted by molar-refractivity contribution is -0.118. The van der Waals surface area contributed by atoms with Crippen molar-refractivity contribution in [2.75, 3.05) is 12.0 Å². The Labute approximate surface area is 176 Å². The molecule has 1 heterocycles. The lowest BCUT2D eigenvalue weighted by atomic mass is 10.1. The summed E-state index contributed by atoms with van der Waals surface area (Å²) in [5, 5.41) is 2.97. The monoisotopic (exact) mass is 410 g/mol. The molecular weight excluding hydrogens is 384 g/mol. The van der Waals surface area contributed by atoms with E-state index in [1.54, 1.807) is 12.0 Å². The number of ether oxygens (including phenoxy) is 1. The van der Waals surface area contributed by atoms with Gasteiger partial charge in [-0.3, -0.25) is 9.59 Å². The number of hydrogen-bond acceptors (Lipinski definition) is 4. The normalized spacial score (nSPS) is 14.8. The molecule has 2 amide bonds. The minimum Gasteiger partial charge on any atom is -0.497 e. The number of nitrogens with one attached hydrogen (secondary N) is 1. The molecule has 0 radical (unpaired) electrons. The Balaban J connectivity index is 1.90. The van der Waals surface area contributed by atoms with Crippen molar-refractivity contribution in [1.82, 2.24) is 5.32 Å². The van der Waals surface area contributed by atoms with Gasteiger partial charge in [0.2, 0.25) is 5.91 Å². The highest BCUT2D eigenvalue weighted by molar-refractivity contribution is 8.04. The van der Waals surface area contributed by atoms with E-state index in [-0.39, 0.29) is 17.9 Å². The summed E-state index contributed by atoms with van der Waals surface area (Å²) in [6.07, 6.45) is 3.15. The molecular formula is C23H26N2O3S. The van der Waals surface area contributed by atoms with E-state index in [1.807, 2.05) is 62.4 Å². The number of amides is 2. The van der Waals surface area contributed by atoms with Gasteiger partial charge in [0.15, 0.2) is 0 Å². The van der Waals surface area contributed by atoms with E-state index < -0.39 is 0 Å². The second-order valence-corrected chi connectivity index (χ2v) is 7.93. The number of rotatable bonds is 7. The maximum absolute atomic E-state index is 13.2. The zero-order valence-corrected chi connectivity index (χ0v) is 17.8. The Morgan fingerprint density at radius 2 is 1.93 bits per heavy atom. The number of para-hydroxylation sites is 1. The number of fused-ring (bicyclic) bond motifs is 1. The molecule has 0 aromatic heterocycles. The zero-order valence-electron chi connectivity index (χ0n) is 17.0. The molecule has 0 spiro atoms. The highest BCUT2D eigenvalue weighted by Gasteiger charge is 2.29. The van der Waals surface area contributed by atoms with Gasteiger partial charge in [0, 0.05) is 17.0 Å². The predicted octanol–water partition coefficient (Wildman–Crippen LogP) is 4.52. The molecule has 5 nitrogen and oxygen atoms in total. The smallest absolute Gasteiger partial charge is 0.265 e. The lowest BCUT2D eigenvalue weighted by Gasteiger charge is -2.30. The van der Waals surface area contributed by atoms with Gasteiger partial charge in [0.05, 0.1) is 24.2 Å². The molecule has 152 valence electrons. The molecule has 1 aliphatic heterocycles. The number of anilines is 1. The minimum absolute atomic E-state index is 0.114. The van der Waals surface area contributed by atoms with Crippen LogP contribution in [0.25, 0.3) is 0 Å². The molecule has 0 saturated carbocycles. The third-order valence-corrected chi connectivity index (χ3v) is 5.98. The third kappa shape index (κ3) is 5.01. The molecule has 6 heteroatoms. The standard InChI is InChI=1S/C23H26N2O3S/c1-4-17(5-2)24-22(26)14-21-23(27)25(19-11-6-7-12-20(19)29-21)15-16-9-8-10-18(13-16)28-3/h6-14,17H,4-5,15H2,1-3H3,(H,24,26). The maximum Gasteiger partial charge on any atom is 0.265 e. The van der Waals surface area contributed by atoms with Crippen LogP contribution < -0.4 is 15.0 Å². The average molecular weight is 411 g/mol. The molecule has 1 N–H and O–H groups in total. The van der Waals surface area contributed by atoms with Gasteiger partial charge in [0.1, 0.15) is 5.75 Å². The highest BCUT2D eigenvalue weighted by atomic mass is 32.2. The molecule has 0 saturated heterocycles. The summed E-state index contributed by atoms with van der Waals surface area (Å²) in [4.78, 5) is 28.8. The Kier molecular flexibility index (Phi) is 6.99. The van der Waals surface area contributed by atoms with E-state index in [2.05, 4.69) is 5.32 Å². The van der Waals surface area contributed by atoms with Crippen molar-refractivity contribution in [2.24, 2.45) is 0 Å². The summed E-state index contributed by atoms with van der Waals surface area (Å²) in [6.45, 7) is 4.47. The van der Waals surface area contributed by atoms with Crippen molar-refractivity contribution in [3.05, 3.63) is 65.1 Å². The molecule has 1 aliphatic rings. The molecule has 0 aliphatic carbocycles. The van der Waals surface area contributed by atoms with Crippen LogP contribution in [0.5, 0.6) is 5.75 Å². The van der Waals surface area contributed by atoms with Gasteiger partial charge in [-0.1, -0.05) is 49.9 Å². The van der Waals surface area contributed by atoms with Gasteiger partial charge in [-0.05, 0) is 42.7 Å². The second kappa shape index (κ2) is 9.65. The van der Waals surface area contributed by atoms with E-state index in [9.17, 15) is 9.59 Å². The highest BCUT2D eigenvalue weighted by Crippen LogP contribution is 2.41. The van der Waals surface area contributed by atoms with Crippen LogP contribution in [0.1, 0.15) is 32.3 Å². The van der Waals surface area contributed by atoms with Crippen LogP contribution in [0.4, 0.5) is 5.69 Å². The van der Waals surface area contributed by atoms with Crippen LogP contribution in [0.3, 0.4) is 0 Å². The van der Waals surface area contributed by atoms with Gasteiger partial charge >= 0.3 is 0 Å². The Morgan fingerprint density at radius 1 is 1.17 bits per heavy atom.